The molecule has 2 aromatic heterocycles. The molecule has 0 radical (unpaired) electrons. The van der Waals surface area contributed by atoms with Crippen LogP contribution in [0.1, 0.15) is 25.2 Å². The second-order valence-electron chi connectivity index (χ2n) is 4.25. The Morgan fingerprint density at radius 1 is 1.32 bits per heavy atom. The molecule has 2 rings (SSSR count). The van der Waals surface area contributed by atoms with Crippen LogP contribution in [-0.2, 0) is 13.5 Å². The number of rotatable bonds is 5. The monoisotopic (exact) mass is 277 g/mol. The minimum Gasteiger partial charge on any atom is -0.370 e. The van der Waals surface area contributed by atoms with Crippen molar-refractivity contribution in [3.63, 3.8) is 0 Å². The number of aromatic nitrogens is 4. The number of nitrogens with one attached hydrogen (secondary N) is 1. The number of aryl methyl sites for hydroxylation is 2. The van der Waals surface area contributed by atoms with Crippen molar-refractivity contribution >= 4 is 17.6 Å². The third-order valence-corrected chi connectivity index (χ3v) is 3.74. The van der Waals surface area contributed by atoms with E-state index in [0.29, 0.717) is 0 Å². The molecular weight excluding hydrogens is 258 g/mol. The lowest BCUT2D eigenvalue weighted by Crippen LogP contribution is -2.07. The predicted molar refractivity (Wildman–Crippen MR) is 77.6 cm³/mol. The van der Waals surface area contributed by atoms with Gasteiger partial charge in [-0.2, -0.15) is 5.10 Å². The van der Waals surface area contributed by atoms with Crippen molar-refractivity contribution in [2.24, 2.45) is 7.05 Å². The van der Waals surface area contributed by atoms with Gasteiger partial charge in [-0.1, -0.05) is 18.7 Å². The van der Waals surface area contributed by atoms with Crippen LogP contribution in [0.3, 0.4) is 0 Å². The van der Waals surface area contributed by atoms with Crippen LogP contribution in [0.2, 0.25) is 0 Å². The van der Waals surface area contributed by atoms with Gasteiger partial charge in [0, 0.05) is 31.8 Å². The van der Waals surface area contributed by atoms with Crippen molar-refractivity contribution in [2.45, 2.75) is 37.1 Å². The molecule has 0 spiro atoms. The van der Waals surface area contributed by atoms with E-state index >= 15 is 0 Å². The molecule has 0 unspecified atom stereocenters. The minimum absolute atomic E-state index is 0.833. The van der Waals surface area contributed by atoms with Gasteiger partial charge < -0.3 is 5.32 Å². The topological polar surface area (TPSA) is 55.6 Å². The zero-order valence-corrected chi connectivity index (χ0v) is 12.6. The predicted octanol–water partition coefficient (Wildman–Crippen LogP) is 2.66. The van der Waals surface area contributed by atoms with Gasteiger partial charge in [0.2, 0.25) is 0 Å². The van der Waals surface area contributed by atoms with Crippen molar-refractivity contribution in [1.82, 2.24) is 19.7 Å². The molecule has 0 saturated heterocycles. The summed E-state index contributed by atoms with van der Waals surface area (Å²) >= 11 is 1.63. The van der Waals surface area contributed by atoms with Crippen LogP contribution < -0.4 is 5.32 Å². The first-order valence-electron chi connectivity index (χ1n) is 6.41. The Morgan fingerprint density at radius 2 is 2.11 bits per heavy atom. The second kappa shape index (κ2) is 6.06. The fourth-order valence-electron chi connectivity index (χ4n) is 1.70. The molecular formula is C13H19N5S. The van der Waals surface area contributed by atoms with Gasteiger partial charge in [0.25, 0.3) is 0 Å². The zero-order chi connectivity index (χ0) is 13.8. The molecule has 102 valence electrons. The van der Waals surface area contributed by atoms with Crippen LogP contribution in [0.4, 0.5) is 5.82 Å². The number of hydrogen-bond donors (Lipinski definition) is 1. The number of nitrogens with zero attached hydrogens (tertiary/aromatic N) is 4. The summed E-state index contributed by atoms with van der Waals surface area (Å²) in [6.45, 7) is 7.05. The molecule has 0 amide bonds. The molecule has 0 aliphatic carbocycles. The van der Waals surface area contributed by atoms with Gasteiger partial charge in [-0.15, -0.1) is 0 Å². The normalized spacial score (nSPS) is 10.7. The molecule has 0 aliphatic rings. The lowest BCUT2D eigenvalue weighted by Gasteiger charge is -2.11. The van der Waals surface area contributed by atoms with Crippen LogP contribution in [0.5, 0.6) is 0 Å². The largest absolute Gasteiger partial charge is 0.370 e. The summed E-state index contributed by atoms with van der Waals surface area (Å²) < 4.78 is 1.80. The molecule has 0 aliphatic heterocycles. The van der Waals surface area contributed by atoms with Crippen molar-refractivity contribution in [3.8, 4) is 0 Å². The van der Waals surface area contributed by atoms with E-state index in [4.69, 9.17) is 0 Å². The van der Waals surface area contributed by atoms with Crippen molar-refractivity contribution in [1.29, 1.82) is 0 Å². The Morgan fingerprint density at radius 3 is 2.68 bits per heavy atom. The van der Waals surface area contributed by atoms with E-state index in [1.807, 2.05) is 19.4 Å². The van der Waals surface area contributed by atoms with Crippen molar-refractivity contribution in [2.75, 3.05) is 11.9 Å². The molecule has 2 aromatic rings. The Balaban J connectivity index is 2.35. The average Bonchev–Trinajstić information content (AvgIpc) is 2.80. The maximum absolute atomic E-state index is 4.61. The molecule has 0 fully saturated rings. The quantitative estimate of drug-likeness (QED) is 0.852. The summed E-state index contributed by atoms with van der Waals surface area (Å²) in [5.74, 6) is 1.80. The minimum atomic E-state index is 0.833. The molecule has 0 aromatic carbocycles. The summed E-state index contributed by atoms with van der Waals surface area (Å²) in [7, 11) is 1.92. The van der Waals surface area contributed by atoms with Crippen LogP contribution in [0, 0.1) is 6.92 Å². The van der Waals surface area contributed by atoms with Gasteiger partial charge >= 0.3 is 0 Å². The standard InChI is InChI=1S/C13H19N5S/c1-5-11-16-12(14-6-2)9(3)13(17-11)19-10-7-15-18(4)8-10/h7-8H,5-6H2,1-4H3,(H,14,16,17). The van der Waals surface area contributed by atoms with Gasteiger partial charge in [-0.05, 0) is 13.8 Å². The van der Waals surface area contributed by atoms with Gasteiger partial charge in [-0.3, -0.25) is 4.68 Å². The zero-order valence-electron chi connectivity index (χ0n) is 11.8. The van der Waals surface area contributed by atoms with E-state index in [0.717, 1.165) is 40.1 Å². The summed E-state index contributed by atoms with van der Waals surface area (Å²) in [5.41, 5.74) is 1.09. The van der Waals surface area contributed by atoms with E-state index < -0.39 is 0 Å². The second-order valence-corrected chi connectivity index (χ2v) is 5.32. The van der Waals surface area contributed by atoms with Crippen LogP contribution in [0.25, 0.3) is 0 Å². The molecule has 0 atom stereocenters. The Hall–Kier alpha value is -1.56. The third-order valence-electron chi connectivity index (χ3n) is 2.70. The molecule has 2 heterocycles. The van der Waals surface area contributed by atoms with E-state index in [-0.39, 0.29) is 0 Å². The highest BCUT2D eigenvalue weighted by molar-refractivity contribution is 7.99. The molecule has 5 nitrogen and oxygen atoms in total. The fourth-order valence-corrected chi connectivity index (χ4v) is 2.63. The molecule has 0 bridgehead atoms. The highest BCUT2D eigenvalue weighted by atomic mass is 32.2. The highest BCUT2D eigenvalue weighted by Gasteiger charge is 2.11. The SMILES string of the molecule is CCNc1nc(CC)nc(Sc2cnn(C)c2)c1C. The maximum Gasteiger partial charge on any atom is 0.133 e. The first-order chi connectivity index (χ1) is 9.13. The Bertz CT molecular complexity index is 564. The van der Waals surface area contributed by atoms with Crippen LogP contribution in [-0.4, -0.2) is 26.3 Å². The molecule has 6 heteroatoms. The summed E-state index contributed by atoms with van der Waals surface area (Å²) in [6, 6.07) is 0. The summed E-state index contributed by atoms with van der Waals surface area (Å²) in [4.78, 5) is 10.2. The summed E-state index contributed by atoms with van der Waals surface area (Å²) in [5, 5.41) is 8.47. The first kappa shape index (κ1) is 13.9. The Labute approximate surface area is 117 Å². The highest BCUT2D eigenvalue weighted by Crippen LogP contribution is 2.30. The van der Waals surface area contributed by atoms with Gasteiger partial charge in [-0.25, -0.2) is 9.97 Å². The lowest BCUT2D eigenvalue weighted by atomic mass is 10.3. The third kappa shape index (κ3) is 3.26. The van der Waals surface area contributed by atoms with E-state index in [2.05, 4.69) is 41.2 Å². The van der Waals surface area contributed by atoms with Gasteiger partial charge in [0.1, 0.15) is 16.7 Å². The van der Waals surface area contributed by atoms with Gasteiger partial charge in [0.15, 0.2) is 0 Å². The summed E-state index contributed by atoms with van der Waals surface area (Å²) in [6.07, 6.45) is 4.68. The average molecular weight is 277 g/mol. The molecule has 1 N–H and O–H groups in total. The molecule has 19 heavy (non-hydrogen) atoms. The molecule has 0 saturated carbocycles. The van der Waals surface area contributed by atoms with Crippen molar-refractivity contribution in [3.05, 3.63) is 23.8 Å². The maximum atomic E-state index is 4.61. The number of anilines is 1. The van der Waals surface area contributed by atoms with Crippen LogP contribution >= 0.6 is 11.8 Å². The smallest absolute Gasteiger partial charge is 0.133 e. The van der Waals surface area contributed by atoms with E-state index in [1.165, 1.54) is 0 Å². The fraction of sp³-hybridized carbons (Fsp3) is 0.462. The van der Waals surface area contributed by atoms with Gasteiger partial charge in [0.05, 0.1) is 11.1 Å². The van der Waals surface area contributed by atoms with E-state index in [1.54, 1.807) is 16.4 Å². The van der Waals surface area contributed by atoms with Crippen LogP contribution in [0.15, 0.2) is 22.3 Å². The first-order valence-corrected chi connectivity index (χ1v) is 7.23. The number of hydrogen-bond acceptors (Lipinski definition) is 5. The van der Waals surface area contributed by atoms with Crippen molar-refractivity contribution < 1.29 is 0 Å². The van der Waals surface area contributed by atoms with E-state index in [9.17, 15) is 0 Å². The lowest BCUT2D eigenvalue weighted by molar-refractivity contribution is 0.766. The Kier molecular flexibility index (Phi) is 4.42.